The summed E-state index contributed by atoms with van der Waals surface area (Å²) in [7, 11) is 0.438. The number of hydrazine groups is 1. The van der Waals surface area contributed by atoms with Crippen molar-refractivity contribution in [1.82, 2.24) is 19.8 Å². The zero-order chi connectivity index (χ0) is 22.1. The molecule has 1 aliphatic rings. The number of benzene rings is 1. The fraction of sp³-hybridized carbons (Fsp3) is 0.455. The third kappa shape index (κ3) is 4.99. The fourth-order valence-electron chi connectivity index (χ4n) is 3.88. The second-order valence-corrected chi connectivity index (χ2v) is 10.4. The topological polar surface area (TPSA) is 75.5 Å². The maximum absolute atomic E-state index is 12.9. The van der Waals surface area contributed by atoms with Crippen LogP contribution in [0.5, 0.6) is 0 Å². The molecule has 0 bridgehead atoms. The minimum absolute atomic E-state index is 0.0112. The fourth-order valence-corrected chi connectivity index (χ4v) is 5.57. The Kier molecular flexibility index (Phi) is 6.47. The lowest BCUT2D eigenvalue weighted by atomic mass is 10.1. The number of nitrogens with zero attached hydrogens (tertiary/aromatic N) is 4. The van der Waals surface area contributed by atoms with Crippen molar-refractivity contribution in [2.24, 2.45) is 0 Å². The summed E-state index contributed by atoms with van der Waals surface area (Å²) in [4.78, 5) is 12.9. The Morgan fingerprint density at radius 2 is 1.87 bits per heavy atom. The average Bonchev–Trinajstić information content (AvgIpc) is 3.14. The van der Waals surface area contributed by atoms with Gasteiger partial charge in [-0.05, 0) is 38.8 Å². The number of amides is 1. The summed E-state index contributed by atoms with van der Waals surface area (Å²) < 4.78 is 25.6. The van der Waals surface area contributed by atoms with E-state index in [-0.39, 0.29) is 23.5 Å². The van der Waals surface area contributed by atoms with E-state index >= 15 is 0 Å². The van der Waals surface area contributed by atoms with Crippen LogP contribution in [0.25, 0.3) is 6.08 Å². The Hall–Kier alpha value is -2.45. The molecule has 1 atom stereocenters. The molecule has 0 radical (unpaired) electrons. The molecule has 1 unspecified atom stereocenters. The Bertz CT molecular complexity index is 1050. The van der Waals surface area contributed by atoms with Crippen molar-refractivity contribution < 1.29 is 13.2 Å². The largest absolute Gasteiger partial charge is 0.268 e. The molecule has 0 N–H and O–H groups in total. The van der Waals surface area contributed by atoms with Gasteiger partial charge in [0.05, 0.1) is 29.8 Å². The highest BCUT2D eigenvalue weighted by Crippen LogP contribution is 2.21. The number of hydrogen-bond acceptors (Lipinski definition) is 5. The highest BCUT2D eigenvalue weighted by atomic mass is 32.2. The minimum Gasteiger partial charge on any atom is -0.268 e. The number of sulfone groups is 1. The summed E-state index contributed by atoms with van der Waals surface area (Å²) in [6, 6.07) is 8.03. The van der Waals surface area contributed by atoms with Crippen LogP contribution < -0.4 is 0 Å². The summed E-state index contributed by atoms with van der Waals surface area (Å²) in [6.45, 7) is 6.64. The zero-order valence-corrected chi connectivity index (χ0v) is 19.1. The van der Waals surface area contributed by atoms with Gasteiger partial charge in [-0.15, -0.1) is 0 Å². The Morgan fingerprint density at radius 3 is 2.43 bits per heavy atom. The van der Waals surface area contributed by atoms with E-state index in [1.165, 1.54) is 22.2 Å². The summed E-state index contributed by atoms with van der Waals surface area (Å²) in [5, 5.41) is 7.83. The summed E-state index contributed by atoms with van der Waals surface area (Å²) >= 11 is 0. The predicted molar refractivity (Wildman–Crippen MR) is 119 cm³/mol. The third-order valence-electron chi connectivity index (χ3n) is 5.49. The van der Waals surface area contributed by atoms with Gasteiger partial charge in [0.25, 0.3) is 5.91 Å². The Balaban J connectivity index is 1.78. The van der Waals surface area contributed by atoms with Gasteiger partial charge in [-0.1, -0.05) is 29.8 Å². The SMILES string of the molecule is Cc1ccc(Cn2nc(C)c(/C=C/C(=O)N(C3CCS(=O)(=O)C3)N(C)C)c2C)cc1. The van der Waals surface area contributed by atoms with Crippen LogP contribution in [0.3, 0.4) is 0 Å². The lowest BCUT2D eigenvalue weighted by molar-refractivity contribution is -0.143. The predicted octanol–water partition coefficient (Wildman–Crippen LogP) is 2.36. The lowest BCUT2D eigenvalue weighted by Gasteiger charge is -2.32. The molecule has 2 aromatic rings. The van der Waals surface area contributed by atoms with Crippen molar-refractivity contribution in [2.75, 3.05) is 25.6 Å². The molecule has 7 nitrogen and oxygen atoms in total. The van der Waals surface area contributed by atoms with E-state index in [0.717, 1.165) is 17.0 Å². The number of carbonyl (C=O) groups excluding carboxylic acids is 1. The van der Waals surface area contributed by atoms with Gasteiger partial charge in [0.15, 0.2) is 9.84 Å². The summed E-state index contributed by atoms with van der Waals surface area (Å²) in [6.07, 6.45) is 3.76. The number of hydrogen-bond donors (Lipinski definition) is 0. The van der Waals surface area contributed by atoms with Crippen LogP contribution in [0.2, 0.25) is 0 Å². The molecule has 0 aliphatic carbocycles. The van der Waals surface area contributed by atoms with E-state index in [4.69, 9.17) is 0 Å². The lowest BCUT2D eigenvalue weighted by Crippen LogP contribution is -2.48. The molecule has 0 spiro atoms. The van der Waals surface area contributed by atoms with Crippen LogP contribution in [-0.4, -0.2) is 65.8 Å². The molecule has 1 aromatic carbocycles. The first-order chi connectivity index (χ1) is 14.1. The van der Waals surface area contributed by atoms with E-state index < -0.39 is 9.84 Å². The van der Waals surface area contributed by atoms with Gasteiger partial charge in [0.2, 0.25) is 0 Å². The van der Waals surface area contributed by atoms with Crippen LogP contribution in [-0.2, 0) is 21.2 Å². The van der Waals surface area contributed by atoms with Crippen LogP contribution in [0.4, 0.5) is 0 Å². The molecule has 1 aromatic heterocycles. The second-order valence-electron chi connectivity index (χ2n) is 8.15. The van der Waals surface area contributed by atoms with Crippen molar-refractivity contribution in [3.8, 4) is 0 Å². The van der Waals surface area contributed by atoms with Crippen molar-refractivity contribution in [3.05, 3.63) is 58.4 Å². The zero-order valence-electron chi connectivity index (χ0n) is 18.3. The molecule has 8 heteroatoms. The monoisotopic (exact) mass is 430 g/mol. The van der Waals surface area contributed by atoms with E-state index in [1.54, 1.807) is 25.2 Å². The van der Waals surface area contributed by atoms with Crippen LogP contribution in [0.15, 0.2) is 30.3 Å². The minimum atomic E-state index is -3.08. The van der Waals surface area contributed by atoms with Gasteiger partial charge in [0, 0.05) is 31.4 Å². The Morgan fingerprint density at radius 1 is 1.20 bits per heavy atom. The van der Waals surface area contributed by atoms with Crippen molar-refractivity contribution in [3.63, 3.8) is 0 Å². The molecule has 1 amide bonds. The third-order valence-corrected chi connectivity index (χ3v) is 7.24. The maximum Gasteiger partial charge on any atom is 0.261 e. The standard InChI is InChI=1S/C22H30N4O3S/c1-16-6-8-19(9-7-16)14-25-18(3)21(17(2)23-25)10-11-22(27)26(24(4)5)20-12-13-30(28,29)15-20/h6-11,20H,12-15H2,1-5H3/b11-10+. The van der Waals surface area contributed by atoms with E-state index in [1.807, 2.05) is 18.5 Å². The van der Waals surface area contributed by atoms with Crippen LogP contribution >= 0.6 is 0 Å². The van der Waals surface area contributed by atoms with Gasteiger partial charge in [-0.3, -0.25) is 14.5 Å². The van der Waals surface area contributed by atoms with Gasteiger partial charge < -0.3 is 0 Å². The molecular weight excluding hydrogens is 400 g/mol. The second kappa shape index (κ2) is 8.73. The normalized spacial score (nSPS) is 18.4. The van der Waals surface area contributed by atoms with Crippen LogP contribution in [0, 0.1) is 20.8 Å². The van der Waals surface area contributed by atoms with E-state index in [2.05, 4.69) is 36.3 Å². The number of aryl methyl sites for hydroxylation is 2. The first-order valence-corrected chi connectivity index (χ1v) is 11.9. The molecule has 1 fully saturated rings. The number of aromatic nitrogens is 2. The highest BCUT2D eigenvalue weighted by molar-refractivity contribution is 7.91. The molecular formula is C22H30N4O3S. The summed E-state index contributed by atoms with van der Waals surface area (Å²) in [5.74, 6) is -0.0903. The summed E-state index contributed by atoms with van der Waals surface area (Å²) in [5.41, 5.74) is 5.13. The van der Waals surface area contributed by atoms with E-state index in [9.17, 15) is 13.2 Å². The van der Waals surface area contributed by atoms with Crippen molar-refractivity contribution in [1.29, 1.82) is 0 Å². The average molecular weight is 431 g/mol. The number of rotatable bonds is 6. The van der Waals surface area contributed by atoms with Crippen LogP contribution in [0.1, 0.15) is 34.5 Å². The maximum atomic E-state index is 12.9. The Labute approximate surface area is 178 Å². The molecule has 1 saturated heterocycles. The quantitative estimate of drug-likeness (QED) is 0.520. The highest BCUT2D eigenvalue weighted by Gasteiger charge is 2.35. The van der Waals surface area contributed by atoms with Crippen molar-refractivity contribution in [2.45, 2.75) is 39.8 Å². The smallest absolute Gasteiger partial charge is 0.261 e. The molecule has 2 heterocycles. The number of carbonyl (C=O) groups is 1. The molecule has 30 heavy (non-hydrogen) atoms. The molecule has 1 aliphatic heterocycles. The first-order valence-electron chi connectivity index (χ1n) is 10.1. The van der Waals surface area contributed by atoms with Crippen molar-refractivity contribution >= 4 is 21.8 Å². The molecule has 162 valence electrons. The van der Waals surface area contributed by atoms with Gasteiger partial charge in [-0.25, -0.2) is 13.4 Å². The molecule has 0 saturated carbocycles. The van der Waals surface area contributed by atoms with Gasteiger partial charge >= 0.3 is 0 Å². The first kappa shape index (κ1) is 22.2. The van der Waals surface area contributed by atoms with Gasteiger partial charge in [-0.2, -0.15) is 5.10 Å². The molecule has 3 rings (SSSR count). The van der Waals surface area contributed by atoms with Gasteiger partial charge in [0.1, 0.15) is 0 Å². The van der Waals surface area contributed by atoms with E-state index in [0.29, 0.717) is 13.0 Å².